The second-order valence-corrected chi connectivity index (χ2v) is 7.01. The quantitative estimate of drug-likeness (QED) is 0.864. The highest BCUT2D eigenvalue weighted by molar-refractivity contribution is 7.09. The van der Waals surface area contributed by atoms with Gasteiger partial charge in [0.15, 0.2) is 0 Å². The van der Waals surface area contributed by atoms with Gasteiger partial charge < -0.3 is 4.74 Å². The van der Waals surface area contributed by atoms with E-state index in [1.54, 1.807) is 0 Å². The van der Waals surface area contributed by atoms with Crippen LogP contribution in [-0.2, 0) is 13.1 Å². The van der Waals surface area contributed by atoms with Crippen LogP contribution in [0, 0.1) is 6.92 Å². The summed E-state index contributed by atoms with van der Waals surface area (Å²) in [7, 11) is 0. The SMILES string of the molecule is Cc1ccc2c(c1)CN(Cc1csc(C3CC3)n1)CCO2. The maximum absolute atomic E-state index is 5.87. The number of hydrogen-bond donors (Lipinski definition) is 0. The van der Waals surface area contributed by atoms with E-state index in [-0.39, 0.29) is 0 Å². The highest BCUT2D eigenvalue weighted by atomic mass is 32.1. The fraction of sp³-hybridized carbons (Fsp3) is 0.471. The summed E-state index contributed by atoms with van der Waals surface area (Å²) in [6.45, 7) is 5.74. The number of fused-ring (bicyclic) bond motifs is 1. The summed E-state index contributed by atoms with van der Waals surface area (Å²) in [4.78, 5) is 7.25. The second-order valence-electron chi connectivity index (χ2n) is 6.12. The molecule has 0 amide bonds. The molecule has 0 bridgehead atoms. The molecule has 2 aromatic rings. The van der Waals surface area contributed by atoms with Gasteiger partial charge in [-0.15, -0.1) is 11.3 Å². The van der Waals surface area contributed by atoms with Crippen molar-refractivity contribution >= 4 is 11.3 Å². The zero-order valence-corrected chi connectivity index (χ0v) is 13.2. The third kappa shape index (κ3) is 2.97. The summed E-state index contributed by atoms with van der Waals surface area (Å²) in [6, 6.07) is 6.46. The minimum absolute atomic E-state index is 0.760. The fourth-order valence-electron chi connectivity index (χ4n) is 2.85. The van der Waals surface area contributed by atoms with Crippen LogP contribution in [0.1, 0.15) is 40.6 Å². The van der Waals surface area contributed by atoms with Gasteiger partial charge in [-0.25, -0.2) is 4.98 Å². The molecule has 1 aliphatic heterocycles. The molecule has 1 aromatic heterocycles. The molecule has 1 aliphatic carbocycles. The molecule has 0 radical (unpaired) electrons. The first-order valence-electron chi connectivity index (χ1n) is 7.67. The Balaban J connectivity index is 1.49. The zero-order valence-electron chi connectivity index (χ0n) is 12.3. The number of rotatable bonds is 3. The number of ether oxygens (including phenoxy) is 1. The maximum Gasteiger partial charge on any atom is 0.123 e. The van der Waals surface area contributed by atoms with Gasteiger partial charge in [-0.3, -0.25) is 4.90 Å². The van der Waals surface area contributed by atoms with E-state index in [2.05, 4.69) is 35.4 Å². The van der Waals surface area contributed by atoms with E-state index in [0.717, 1.165) is 37.9 Å². The highest BCUT2D eigenvalue weighted by Crippen LogP contribution is 2.41. The van der Waals surface area contributed by atoms with Crippen molar-refractivity contribution in [3.8, 4) is 5.75 Å². The number of aromatic nitrogens is 1. The van der Waals surface area contributed by atoms with Crippen LogP contribution in [0.3, 0.4) is 0 Å². The molecule has 0 atom stereocenters. The monoisotopic (exact) mass is 300 g/mol. The van der Waals surface area contributed by atoms with Crippen molar-refractivity contribution in [1.82, 2.24) is 9.88 Å². The summed E-state index contributed by atoms with van der Waals surface area (Å²) in [5.74, 6) is 1.81. The van der Waals surface area contributed by atoms with Gasteiger partial charge in [-0.2, -0.15) is 0 Å². The van der Waals surface area contributed by atoms with E-state index < -0.39 is 0 Å². The van der Waals surface area contributed by atoms with E-state index in [1.807, 2.05) is 11.3 Å². The average Bonchev–Trinajstić information content (AvgIpc) is 3.24. The fourth-order valence-corrected chi connectivity index (χ4v) is 3.84. The third-order valence-corrected chi connectivity index (χ3v) is 5.21. The number of hydrogen-bond acceptors (Lipinski definition) is 4. The van der Waals surface area contributed by atoms with Crippen molar-refractivity contribution in [2.24, 2.45) is 0 Å². The van der Waals surface area contributed by atoms with E-state index in [0.29, 0.717) is 0 Å². The lowest BCUT2D eigenvalue weighted by Gasteiger charge is -2.18. The minimum Gasteiger partial charge on any atom is -0.492 e. The van der Waals surface area contributed by atoms with Gasteiger partial charge in [0.1, 0.15) is 12.4 Å². The first-order chi connectivity index (χ1) is 10.3. The molecule has 0 N–H and O–H groups in total. The van der Waals surface area contributed by atoms with Gasteiger partial charge in [-0.1, -0.05) is 17.7 Å². The topological polar surface area (TPSA) is 25.4 Å². The molecule has 110 valence electrons. The smallest absolute Gasteiger partial charge is 0.123 e. The van der Waals surface area contributed by atoms with Crippen LogP contribution in [-0.4, -0.2) is 23.0 Å². The molecule has 1 saturated carbocycles. The molecule has 0 saturated heterocycles. The van der Waals surface area contributed by atoms with E-state index in [1.165, 1.54) is 34.7 Å². The van der Waals surface area contributed by atoms with Crippen LogP contribution in [0.4, 0.5) is 0 Å². The van der Waals surface area contributed by atoms with Crippen LogP contribution in [0.15, 0.2) is 23.6 Å². The van der Waals surface area contributed by atoms with Crippen molar-refractivity contribution in [1.29, 1.82) is 0 Å². The van der Waals surface area contributed by atoms with Crippen molar-refractivity contribution in [2.45, 2.75) is 38.8 Å². The lowest BCUT2D eigenvalue weighted by Crippen LogP contribution is -2.25. The van der Waals surface area contributed by atoms with Crippen molar-refractivity contribution < 1.29 is 4.74 Å². The molecule has 4 rings (SSSR count). The zero-order chi connectivity index (χ0) is 14.2. The van der Waals surface area contributed by atoms with Gasteiger partial charge >= 0.3 is 0 Å². The van der Waals surface area contributed by atoms with Crippen molar-refractivity contribution in [3.05, 3.63) is 45.4 Å². The summed E-state index contributed by atoms with van der Waals surface area (Å²) >= 11 is 1.83. The van der Waals surface area contributed by atoms with Crippen LogP contribution < -0.4 is 4.74 Å². The van der Waals surface area contributed by atoms with Crippen LogP contribution in [0.5, 0.6) is 5.75 Å². The number of aryl methyl sites for hydroxylation is 1. The Morgan fingerprint density at radius 2 is 2.29 bits per heavy atom. The Hall–Kier alpha value is -1.39. The Morgan fingerprint density at radius 3 is 3.14 bits per heavy atom. The Labute approximate surface area is 129 Å². The number of thiazole rings is 1. The van der Waals surface area contributed by atoms with Crippen LogP contribution in [0.25, 0.3) is 0 Å². The molecular formula is C17H20N2OS. The molecule has 21 heavy (non-hydrogen) atoms. The molecule has 2 heterocycles. The Kier molecular flexibility index (Phi) is 3.43. The van der Waals surface area contributed by atoms with Gasteiger partial charge in [0.2, 0.25) is 0 Å². The molecule has 1 aromatic carbocycles. The largest absolute Gasteiger partial charge is 0.492 e. The average molecular weight is 300 g/mol. The highest BCUT2D eigenvalue weighted by Gasteiger charge is 2.27. The van der Waals surface area contributed by atoms with Gasteiger partial charge in [0.05, 0.1) is 10.7 Å². The first kappa shape index (κ1) is 13.3. The van der Waals surface area contributed by atoms with E-state index in [4.69, 9.17) is 9.72 Å². The summed E-state index contributed by atoms with van der Waals surface area (Å²) in [6.07, 6.45) is 2.66. The predicted octanol–water partition coefficient (Wildman–Crippen LogP) is 3.72. The minimum atomic E-state index is 0.760. The van der Waals surface area contributed by atoms with Gasteiger partial charge in [-0.05, 0) is 25.8 Å². The molecule has 0 spiro atoms. The van der Waals surface area contributed by atoms with Gasteiger partial charge in [0, 0.05) is 36.5 Å². The lowest BCUT2D eigenvalue weighted by atomic mass is 10.1. The summed E-state index contributed by atoms with van der Waals surface area (Å²) in [5, 5.41) is 3.57. The summed E-state index contributed by atoms with van der Waals surface area (Å²) < 4.78 is 5.87. The summed E-state index contributed by atoms with van der Waals surface area (Å²) in [5.41, 5.74) is 3.81. The molecule has 1 fully saturated rings. The Morgan fingerprint density at radius 1 is 1.38 bits per heavy atom. The molecule has 3 nitrogen and oxygen atoms in total. The Bertz CT molecular complexity index is 648. The predicted molar refractivity (Wildman–Crippen MR) is 84.9 cm³/mol. The maximum atomic E-state index is 5.87. The third-order valence-electron chi connectivity index (χ3n) is 4.16. The van der Waals surface area contributed by atoms with Crippen molar-refractivity contribution in [3.63, 3.8) is 0 Å². The van der Waals surface area contributed by atoms with Crippen LogP contribution in [0.2, 0.25) is 0 Å². The van der Waals surface area contributed by atoms with E-state index >= 15 is 0 Å². The van der Waals surface area contributed by atoms with Crippen molar-refractivity contribution in [2.75, 3.05) is 13.2 Å². The number of benzene rings is 1. The standard InChI is InChI=1S/C17H20N2OS/c1-12-2-5-16-14(8-12)9-19(6-7-20-16)10-15-11-21-17(18-15)13-3-4-13/h2,5,8,11,13H,3-4,6-7,9-10H2,1H3. The molecule has 0 unspecified atom stereocenters. The first-order valence-corrected chi connectivity index (χ1v) is 8.55. The normalized spacial score (nSPS) is 18.9. The molecular weight excluding hydrogens is 280 g/mol. The number of nitrogens with zero attached hydrogens (tertiary/aromatic N) is 2. The second kappa shape index (κ2) is 5.43. The molecule has 2 aliphatic rings. The molecule has 4 heteroatoms. The lowest BCUT2D eigenvalue weighted by molar-refractivity contribution is 0.218. The van der Waals surface area contributed by atoms with Gasteiger partial charge in [0.25, 0.3) is 0 Å². The van der Waals surface area contributed by atoms with Crippen LogP contribution >= 0.6 is 11.3 Å². The van der Waals surface area contributed by atoms with E-state index in [9.17, 15) is 0 Å².